The van der Waals surface area contributed by atoms with Crippen molar-refractivity contribution in [1.82, 2.24) is 0 Å². The molecule has 0 radical (unpaired) electrons. The van der Waals surface area contributed by atoms with E-state index in [1.807, 2.05) is 18.2 Å². The van der Waals surface area contributed by atoms with Gasteiger partial charge in [0.05, 0.1) is 0 Å². The summed E-state index contributed by atoms with van der Waals surface area (Å²) in [6.07, 6.45) is 27.3. The molecule has 0 aromatic rings. The number of rotatable bonds is 14. The van der Waals surface area contributed by atoms with Crippen molar-refractivity contribution < 1.29 is 9.90 Å². The second kappa shape index (κ2) is 17.5. The van der Waals surface area contributed by atoms with Gasteiger partial charge in [-0.15, -0.1) is 0 Å². The Labute approximate surface area is 136 Å². The molecule has 0 aliphatic rings. The average Bonchev–Trinajstić information content (AvgIpc) is 2.50. The van der Waals surface area contributed by atoms with Crippen molar-refractivity contribution in [3.05, 3.63) is 48.6 Å². The summed E-state index contributed by atoms with van der Waals surface area (Å²) in [4.78, 5) is 10.3. The van der Waals surface area contributed by atoms with Crippen LogP contribution in [0.5, 0.6) is 0 Å². The molecule has 0 spiro atoms. The van der Waals surface area contributed by atoms with Crippen molar-refractivity contribution in [3.8, 4) is 0 Å². The van der Waals surface area contributed by atoms with Gasteiger partial charge >= 0.3 is 5.97 Å². The van der Waals surface area contributed by atoms with Crippen LogP contribution < -0.4 is 0 Å². The first-order chi connectivity index (χ1) is 10.8. The molecule has 2 nitrogen and oxygen atoms in total. The van der Waals surface area contributed by atoms with E-state index in [0.717, 1.165) is 25.7 Å². The highest BCUT2D eigenvalue weighted by atomic mass is 16.4. The van der Waals surface area contributed by atoms with E-state index in [2.05, 4.69) is 37.3 Å². The molecule has 0 amide bonds. The molecule has 0 atom stereocenters. The fourth-order valence-electron chi connectivity index (χ4n) is 1.93. The molecule has 0 fully saturated rings. The number of aliphatic carboxylic acids is 1. The van der Waals surface area contributed by atoms with Crippen molar-refractivity contribution in [2.24, 2.45) is 0 Å². The van der Waals surface area contributed by atoms with Gasteiger partial charge < -0.3 is 5.11 Å². The molecule has 0 heterocycles. The van der Waals surface area contributed by atoms with E-state index in [0.29, 0.717) is 6.42 Å². The van der Waals surface area contributed by atoms with E-state index in [4.69, 9.17) is 5.11 Å². The van der Waals surface area contributed by atoms with Crippen LogP contribution in [0.4, 0.5) is 0 Å². The molecule has 0 rings (SSSR count). The maximum absolute atomic E-state index is 10.3. The van der Waals surface area contributed by atoms with Crippen LogP contribution in [0.1, 0.15) is 71.1 Å². The zero-order valence-electron chi connectivity index (χ0n) is 14.0. The SMILES string of the molecule is CCCCC/C=C/C/C=C/CC/C=C/C=C/CCCC(=O)O. The molecule has 124 valence electrons. The van der Waals surface area contributed by atoms with Gasteiger partial charge in [0.2, 0.25) is 0 Å². The quantitative estimate of drug-likeness (QED) is 0.235. The molecule has 0 aromatic carbocycles. The fourth-order valence-corrected chi connectivity index (χ4v) is 1.93. The second-order valence-corrected chi connectivity index (χ2v) is 5.39. The minimum absolute atomic E-state index is 0.256. The maximum atomic E-state index is 10.3. The van der Waals surface area contributed by atoms with Crippen molar-refractivity contribution in [1.29, 1.82) is 0 Å². The van der Waals surface area contributed by atoms with Gasteiger partial charge in [-0.25, -0.2) is 0 Å². The lowest BCUT2D eigenvalue weighted by Crippen LogP contribution is -1.92. The molecular weight excluding hydrogens is 272 g/mol. The zero-order chi connectivity index (χ0) is 16.3. The van der Waals surface area contributed by atoms with E-state index in [1.165, 1.54) is 25.7 Å². The number of hydrogen-bond acceptors (Lipinski definition) is 1. The van der Waals surface area contributed by atoms with Crippen molar-refractivity contribution in [3.63, 3.8) is 0 Å². The molecule has 22 heavy (non-hydrogen) atoms. The summed E-state index contributed by atoms with van der Waals surface area (Å²) in [7, 11) is 0. The molecule has 0 saturated heterocycles. The lowest BCUT2D eigenvalue weighted by atomic mass is 10.2. The van der Waals surface area contributed by atoms with Gasteiger partial charge in [0.1, 0.15) is 0 Å². The summed E-state index contributed by atoms with van der Waals surface area (Å²) in [5, 5.41) is 8.49. The van der Waals surface area contributed by atoms with Crippen molar-refractivity contribution >= 4 is 5.97 Å². The first kappa shape index (κ1) is 20.4. The molecule has 1 N–H and O–H groups in total. The second-order valence-electron chi connectivity index (χ2n) is 5.39. The summed E-state index contributed by atoms with van der Waals surface area (Å²) < 4.78 is 0. The van der Waals surface area contributed by atoms with Crippen LogP contribution in [-0.4, -0.2) is 11.1 Å². The van der Waals surface area contributed by atoms with Gasteiger partial charge in [-0.1, -0.05) is 68.4 Å². The highest BCUT2D eigenvalue weighted by molar-refractivity contribution is 5.66. The Kier molecular flexibility index (Phi) is 16.2. The van der Waals surface area contributed by atoms with Crippen LogP contribution in [-0.2, 0) is 4.79 Å². The molecular formula is C20H32O2. The third kappa shape index (κ3) is 18.4. The van der Waals surface area contributed by atoms with E-state index in [9.17, 15) is 4.79 Å². The number of carboxylic acids is 1. The molecule has 0 aromatic heterocycles. The Bertz CT molecular complexity index is 362. The van der Waals surface area contributed by atoms with Gasteiger partial charge in [0, 0.05) is 6.42 Å². The Morgan fingerprint density at radius 1 is 0.773 bits per heavy atom. The topological polar surface area (TPSA) is 37.3 Å². The summed E-state index contributed by atoms with van der Waals surface area (Å²) in [6.45, 7) is 2.23. The third-order valence-corrected chi connectivity index (χ3v) is 3.22. The Morgan fingerprint density at radius 2 is 1.36 bits per heavy atom. The van der Waals surface area contributed by atoms with E-state index >= 15 is 0 Å². The van der Waals surface area contributed by atoms with Crippen molar-refractivity contribution in [2.45, 2.75) is 71.1 Å². The van der Waals surface area contributed by atoms with E-state index in [1.54, 1.807) is 0 Å². The minimum atomic E-state index is -0.716. The first-order valence-corrected chi connectivity index (χ1v) is 8.60. The van der Waals surface area contributed by atoms with Crippen LogP contribution in [0, 0.1) is 0 Å². The lowest BCUT2D eigenvalue weighted by Gasteiger charge is -1.91. The van der Waals surface area contributed by atoms with Gasteiger partial charge in [-0.3, -0.25) is 4.79 Å². The predicted octanol–water partition coefficient (Wildman–Crippen LogP) is 6.22. The van der Waals surface area contributed by atoms with Gasteiger partial charge in [0.25, 0.3) is 0 Å². The van der Waals surface area contributed by atoms with Crippen LogP contribution in [0.25, 0.3) is 0 Å². The number of carboxylic acid groups (broad SMARTS) is 1. The molecule has 2 heteroatoms. The largest absolute Gasteiger partial charge is 0.481 e. The first-order valence-electron chi connectivity index (χ1n) is 8.60. The average molecular weight is 304 g/mol. The fraction of sp³-hybridized carbons (Fsp3) is 0.550. The standard InChI is InChI=1S/C20H32O2/c1-2-3-4-5-6-7-8-9-10-11-12-13-14-15-16-17-18-19-20(21)22/h6-7,9-10,13-16H,2-5,8,11-12,17-19H2,1H3,(H,21,22)/b7-6+,10-9+,14-13+,16-15+. The third-order valence-electron chi connectivity index (χ3n) is 3.22. The Morgan fingerprint density at radius 3 is 2.05 bits per heavy atom. The molecule has 0 unspecified atom stereocenters. The highest BCUT2D eigenvalue weighted by Crippen LogP contribution is 2.01. The maximum Gasteiger partial charge on any atom is 0.303 e. The van der Waals surface area contributed by atoms with Crippen LogP contribution in [0.15, 0.2) is 48.6 Å². The number of allylic oxidation sites excluding steroid dienone is 8. The number of carbonyl (C=O) groups is 1. The van der Waals surface area contributed by atoms with Crippen LogP contribution in [0.2, 0.25) is 0 Å². The summed E-state index contributed by atoms with van der Waals surface area (Å²) >= 11 is 0. The number of hydrogen-bond donors (Lipinski definition) is 1. The van der Waals surface area contributed by atoms with Crippen molar-refractivity contribution in [2.75, 3.05) is 0 Å². The summed E-state index contributed by atoms with van der Waals surface area (Å²) in [5.74, 6) is -0.716. The molecule has 0 saturated carbocycles. The number of unbranched alkanes of at least 4 members (excludes halogenated alkanes) is 5. The highest BCUT2D eigenvalue weighted by Gasteiger charge is 1.92. The monoisotopic (exact) mass is 304 g/mol. The predicted molar refractivity (Wildman–Crippen MR) is 96.0 cm³/mol. The summed E-state index contributed by atoms with van der Waals surface area (Å²) in [5.41, 5.74) is 0. The lowest BCUT2D eigenvalue weighted by molar-refractivity contribution is -0.137. The van der Waals surface area contributed by atoms with E-state index < -0.39 is 5.97 Å². The van der Waals surface area contributed by atoms with Gasteiger partial charge in [-0.2, -0.15) is 0 Å². The van der Waals surface area contributed by atoms with Crippen LogP contribution in [0.3, 0.4) is 0 Å². The molecule has 0 bridgehead atoms. The zero-order valence-corrected chi connectivity index (χ0v) is 14.0. The molecule has 0 aliphatic heterocycles. The summed E-state index contributed by atoms with van der Waals surface area (Å²) in [6, 6.07) is 0. The Hall–Kier alpha value is -1.57. The van der Waals surface area contributed by atoms with Crippen LogP contribution >= 0.6 is 0 Å². The minimum Gasteiger partial charge on any atom is -0.481 e. The van der Waals surface area contributed by atoms with Gasteiger partial charge in [-0.05, 0) is 44.9 Å². The Balaban J connectivity index is 3.40. The molecule has 0 aliphatic carbocycles. The van der Waals surface area contributed by atoms with Gasteiger partial charge in [0.15, 0.2) is 0 Å². The smallest absolute Gasteiger partial charge is 0.303 e. The van der Waals surface area contributed by atoms with E-state index in [-0.39, 0.29) is 6.42 Å². The normalized spacial score (nSPS) is 12.4.